The topological polar surface area (TPSA) is 12.0 Å². The molecule has 0 aromatic carbocycles. The van der Waals surface area contributed by atoms with Crippen LogP contribution in [-0.2, 0) is 0 Å². The molecule has 0 aromatic heterocycles. The molecule has 1 heteroatoms. The van der Waals surface area contributed by atoms with Crippen molar-refractivity contribution in [3.8, 4) is 0 Å². The molecule has 1 fully saturated rings. The molecule has 0 spiro atoms. The van der Waals surface area contributed by atoms with Crippen molar-refractivity contribution in [3.63, 3.8) is 0 Å². The lowest BCUT2D eigenvalue weighted by Crippen LogP contribution is -2.36. The zero-order valence-corrected chi connectivity index (χ0v) is 7.56. The second-order valence-corrected chi connectivity index (χ2v) is 3.15. The zero-order valence-electron chi connectivity index (χ0n) is 11.6. The van der Waals surface area contributed by atoms with E-state index in [0.717, 1.165) is 24.6 Å². The molecule has 0 aliphatic carbocycles. The first-order valence-electron chi connectivity index (χ1n) is 6.61. The predicted octanol–water partition coefficient (Wildman–Crippen LogP) is 2.42. The smallest absolute Gasteiger partial charge is 0.122 e. The quantitative estimate of drug-likeness (QED) is 0.667. The van der Waals surface area contributed by atoms with Crippen LogP contribution in [-0.4, -0.2) is 13.0 Å². The van der Waals surface area contributed by atoms with E-state index in [-0.39, 0.29) is 5.92 Å². The van der Waals surface area contributed by atoms with Crippen LogP contribution in [0.2, 0.25) is 1.41 Å². The minimum absolute atomic E-state index is 0.0871. The largest absolute Gasteiger partial charge is 0.316 e. The summed E-state index contributed by atoms with van der Waals surface area (Å²) in [6.07, 6.45) is 3.12. The van der Waals surface area contributed by atoms with E-state index in [2.05, 4.69) is 6.92 Å². The molecule has 1 heterocycles. The van der Waals surface area contributed by atoms with Crippen LogP contribution < -0.4 is 5.31 Å². The van der Waals surface area contributed by atoms with Gasteiger partial charge in [0.05, 0.1) is 0 Å². The van der Waals surface area contributed by atoms with Gasteiger partial charge in [0.2, 0.25) is 0 Å². The van der Waals surface area contributed by atoms with Gasteiger partial charge in [-0.05, 0) is 31.3 Å². The van der Waals surface area contributed by atoms with Crippen molar-refractivity contribution in [3.05, 3.63) is 0 Å². The SMILES string of the molecule is [2H]N1CCC(CCC)C([2H])(CC)C1([2H])[2H]. The van der Waals surface area contributed by atoms with Gasteiger partial charge < -0.3 is 5.31 Å². The van der Waals surface area contributed by atoms with Crippen LogP contribution in [0.4, 0.5) is 0 Å². The lowest BCUT2D eigenvalue weighted by atomic mass is 9.82. The molecule has 1 aliphatic heterocycles. The fourth-order valence-corrected chi connectivity index (χ4v) is 1.68. The lowest BCUT2D eigenvalue weighted by molar-refractivity contribution is 0.233. The van der Waals surface area contributed by atoms with E-state index in [1.165, 1.54) is 0 Å². The first-order valence-corrected chi connectivity index (χ1v) is 4.66. The molecule has 1 nitrogen and oxygen atoms in total. The van der Waals surface area contributed by atoms with Crippen LogP contribution in [0.1, 0.15) is 43.6 Å². The second kappa shape index (κ2) is 4.76. The normalized spacial score (nSPS) is 50.5. The Hall–Kier alpha value is -0.0400. The van der Waals surface area contributed by atoms with Gasteiger partial charge in [0.1, 0.15) is 1.41 Å². The van der Waals surface area contributed by atoms with E-state index >= 15 is 0 Å². The van der Waals surface area contributed by atoms with E-state index < -0.39 is 12.4 Å². The van der Waals surface area contributed by atoms with Crippen LogP contribution in [0.3, 0.4) is 0 Å². The summed E-state index contributed by atoms with van der Waals surface area (Å²) < 4.78 is 31.7. The average Bonchev–Trinajstić information content (AvgIpc) is 2.20. The molecule has 1 saturated heterocycles. The second-order valence-electron chi connectivity index (χ2n) is 3.15. The summed E-state index contributed by atoms with van der Waals surface area (Å²) in [5.74, 6) is -1.03. The summed E-state index contributed by atoms with van der Waals surface area (Å²) in [4.78, 5) is 0. The Labute approximate surface area is 76.2 Å². The Morgan fingerprint density at radius 1 is 1.73 bits per heavy atom. The van der Waals surface area contributed by atoms with Gasteiger partial charge in [-0.1, -0.05) is 33.1 Å². The molecule has 2 unspecified atom stereocenters. The maximum atomic E-state index is 8.33. The van der Waals surface area contributed by atoms with E-state index in [1.807, 2.05) is 6.92 Å². The van der Waals surface area contributed by atoms with Crippen LogP contribution >= 0.6 is 0 Å². The first-order chi connectivity index (χ1) is 6.90. The summed E-state index contributed by atoms with van der Waals surface area (Å²) in [7, 11) is 0. The summed E-state index contributed by atoms with van der Waals surface area (Å²) in [5.41, 5.74) is 0. The highest BCUT2D eigenvalue weighted by atomic mass is 14.9. The molecule has 0 bridgehead atoms. The predicted molar refractivity (Wildman–Crippen MR) is 49.7 cm³/mol. The Morgan fingerprint density at radius 2 is 2.55 bits per heavy atom. The third-order valence-electron chi connectivity index (χ3n) is 2.32. The molecule has 66 valence electrons. The maximum Gasteiger partial charge on any atom is 0.122 e. The van der Waals surface area contributed by atoms with Crippen molar-refractivity contribution < 1.29 is 5.52 Å². The fraction of sp³-hybridized carbons (Fsp3) is 1.00. The summed E-state index contributed by atoms with van der Waals surface area (Å²) >= 11 is 0. The van der Waals surface area contributed by atoms with Gasteiger partial charge in [-0.2, -0.15) is 0 Å². The van der Waals surface area contributed by atoms with Crippen molar-refractivity contribution in [1.82, 2.24) is 5.31 Å². The minimum atomic E-state index is -1.82. The van der Waals surface area contributed by atoms with Gasteiger partial charge in [0, 0.05) is 4.11 Å². The fourth-order valence-electron chi connectivity index (χ4n) is 1.68. The molecule has 11 heavy (non-hydrogen) atoms. The Kier molecular flexibility index (Phi) is 2.10. The molecule has 0 amide bonds. The summed E-state index contributed by atoms with van der Waals surface area (Å²) in [6.45, 7) is 2.55. The highest BCUT2D eigenvalue weighted by molar-refractivity contribution is 4.76. The van der Waals surface area contributed by atoms with Crippen molar-refractivity contribution >= 4 is 0 Å². The maximum absolute atomic E-state index is 8.33. The van der Waals surface area contributed by atoms with Crippen LogP contribution in [0.25, 0.3) is 0 Å². The summed E-state index contributed by atoms with van der Waals surface area (Å²) in [6, 6.07) is 0. The third-order valence-corrected chi connectivity index (χ3v) is 2.32. The molecular formula is C10H21N. The first kappa shape index (κ1) is 4.86. The molecule has 0 radical (unpaired) electrons. The molecule has 1 aliphatic rings. The highest BCUT2D eigenvalue weighted by Crippen LogP contribution is 2.25. The van der Waals surface area contributed by atoms with Gasteiger partial charge in [0.15, 0.2) is 0 Å². The zero-order chi connectivity index (χ0) is 11.7. The van der Waals surface area contributed by atoms with Gasteiger partial charge in [-0.25, -0.2) is 0 Å². The highest BCUT2D eigenvalue weighted by Gasteiger charge is 2.21. The van der Waals surface area contributed by atoms with Crippen molar-refractivity contribution in [2.75, 3.05) is 13.0 Å². The average molecular weight is 159 g/mol. The van der Waals surface area contributed by atoms with Gasteiger partial charge in [-0.3, -0.25) is 0 Å². The van der Waals surface area contributed by atoms with E-state index in [4.69, 9.17) is 5.52 Å². The number of hydrogen-bond acceptors (Lipinski definition) is 1. The Balaban J connectivity index is 2.95. The van der Waals surface area contributed by atoms with Crippen molar-refractivity contribution in [2.45, 2.75) is 39.5 Å². The van der Waals surface area contributed by atoms with Crippen LogP contribution in [0.5, 0.6) is 0 Å². The molecule has 2 atom stereocenters. The standard InChI is InChI=1S/C10H21N/c1-3-5-10-6-7-11-8-9(10)4-2/h9-11H,3-8H2,1-2H3/i8D2,9D/hD. The van der Waals surface area contributed by atoms with Crippen LogP contribution in [0.15, 0.2) is 0 Å². The van der Waals surface area contributed by atoms with Gasteiger partial charge in [0.25, 0.3) is 0 Å². The van der Waals surface area contributed by atoms with Gasteiger partial charge >= 0.3 is 0 Å². The monoisotopic (exact) mass is 159 g/mol. The molecule has 0 aromatic rings. The number of hydrogen-bond donors (Lipinski definition) is 1. The number of rotatable bonds is 3. The summed E-state index contributed by atoms with van der Waals surface area (Å²) in [5, 5.41) is 0.954. The van der Waals surface area contributed by atoms with E-state index in [1.54, 1.807) is 0 Å². The van der Waals surface area contributed by atoms with E-state index in [0.29, 0.717) is 13.0 Å². The molecular weight excluding hydrogens is 134 g/mol. The third kappa shape index (κ3) is 2.48. The number of piperidine rings is 1. The molecule has 1 N–H and O–H groups in total. The Morgan fingerprint density at radius 3 is 3.18 bits per heavy atom. The van der Waals surface area contributed by atoms with Crippen LogP contribution in [0, 0.1) is 11.8 Å². The van der Waals surface area contributed by atoms with Crippen molar-refractivity contribution in [1.29, 1.82) is 0 Å². The van der Waals surface area contributed by atoms with Gasteiger partial charge in [-0.15, -0.1) is 0 Å². The molecule has 1 rings (SSSR count). The molecule has 0 saturated carbocycles. The lowest BCUT2D eigenvalue weighted by Gasteiger charge is -2.31. The number of nitrogens with one attached hydrogen (secondary N) is 1. The van der Waals surface area contributed by atoms with E-state index in [9.17, 15) is 0 Å². The van der Waals surface area contributed by atoms with Crippen molar-refractivity contribution in [2.24, 2.45) is 11.8 Å². The minimum Gasteiger partial charge on any atom is -0.316 e. The Bertz CT molecular complexity index is 221.